The Hall–Kier alpha value is -3.95. The molecule has 10 heteroatoms. The predicted octanol–water partition coefficient (Wildman–Crippen LogP) is 6.94. The SMILES string of the molecule is FC(F)(F)c1nc(-c2ccc(Oc3cccc4c3Cc3ccccc3-4)cc2)nc(C(F)(F)F)n1. The number of benzene rings is 3. The quantitative estimate of drug-likeness (QED) is 0.266. The topological polar surface area (TPSA) is 47.9 Å². The van der Waals surface area contributed by atoms with Crippen molar-refractivity contribution >= 4 is 0 Å². The third-order valence-corrected chi connectivity index (χ3v) is 5.29. The number of ether oxygens (including phenoxy) is 1. The molecule has 0 atom stereocenters. The van der Waals surface area contributed by atoms with E-state index in [9.17, 15) is 26.3 Å². The normalized spacial score (nSPS) is 12.9. The molecule has 1 aliphatic rings. The van der Waals surface area contributed by atoms with Gasteiger partial charge in [-0.15, -0.1) is 0 Å². The summed E-state index contributed by atoms with van der Waals surface area (Å²) in [5.41, 5.74) is 4.29. The van der Waals surface area contributed by atoms with E-state index in [1.807, 2.05) is 36.4 Å². The minimum Gasteiger partial charge on any atom is -0.457 e. The number of rotatable bonds is 3. The minimum absolute atomic E-state index is 0.0450. The number of hydrogen-bond donors (Lipinski definition) is 0. The highest BCUT2D eigenvalue weighted by Gasteiger charge is 2.41. The molecule has 0 N–H and O–H groups in total. The molecule has 0 bridgehead atoms. The molecule has 1 heterocycles. The van der Waals surface area contributed by atoms with Crippen LogP contribution >= 0.6 is 0 Å². The van der Waals surface area contributed by atoms with Crippen molar-refractivity contribution in [3.8, 4) is 34.0 Å². The molecule has 1 aliphatic carbocycles. The van der Waals surface area contributed by atoms with E-state index >= 15 is 0 Å². The maximum atomic E-state index is 13.0. The molecule has 0 radical (unpaired) electrons. The van der Waals surface area contributed by atoms with E-state index in [0.717, 1.165) is 16.7 Å². The average molecular weight is 473 g/mol. The first-order valence-corrected chi connectivity index (χ1v) is 9.98. The van der Waals surface area contributed by atoms with Gasteiger partial charge in [-0.05, 0) is 47.0 Å². The molecular formula is C24H13F6N3O. The second kappa shape index (κ2) is 7.82. The molecule has 3 aromatic carbocycles. The fourth-order valence-electron chi connectivity index (χ4n) is 3.78. The summed E-state index contributed by atoms with van der Waals surface area (Å²) in [7, 11) is 0. The van der Waals surface area contributed by atoms with E-state index in [-0.39, 0.29) is 5.56 Å². The van der Waals surface area contributed by atoms with Crippen molar-refractivity contribution in [3.63, 3.8) is 0 Å². The third kappa shape index (κ3) is 4.07. The van der Waals surface area contributed by atoms with Crippen LogP contribution in [-0.2, 0) is 18.8 Å². The smallest absolute Gasteiger partial charge is 0.451 e. The van der Waals surface area contributed by atoms with Crippen molar-refractivity contribution in [3.05, 3.63) is 89.5 Å². The van der Waals surface area contributed by atoms with Crippen molar-refractivity contribution in [1.82, 2.24) is 15.0 Å². The molecule has 172 valence electrons. The molecule has 4 nitrogen and oxygen atoms in total. The van der Waals surface area contributed by atoms with E-state index in [1.54, 1.807) is 6.07 Å². The number of halogens is 6. The molecule has 0 saturated heterocycles. The van der Waals surface area contributed by atoms with Crippen LogP contribution in [-0.4, -0.2) is 15.0 Å². The largest absolute Gasteiger partial charge is 0.457 e. The number of fused-ring (bicyclic) bond motifs is 3. The van der Waals surface area contributed by atoms with Crippen molar-refractivity contribution < 1.29 is 31.1 Å². The molecule has 0 aliphatic heterocycles. The van der Waals surface area contributed by atoms with Gasteiger partial charge in [0.15, 0.2) is 5.82 Å². The van der Waals surface area contributed by atoms with Crippen LogP contribution in [0.25, 0.3) is 22.5 Å². The first kappa shape index (κ1) is 21.9. The Morgan fingerprint density at radius 2 is 1.26 bits per heavy atom. The second-order valence-electron chi connectivity index (χ2n) is 7.54. The second-order valence-corrected chi connectivity index (χ2v) is 7.54. The summed E-state index contributed by atoms with van der Waals surface area (Å²) in [6.45, 7) is 0. The van der Waals surface area contributed by atoms with Gasteiger partial charge in [-0.2, -0.15) is 26.3 Å². The lowest BCUT2D eigenvalue weighted by Gasteiger charge is -2.12. The summed E-state index contributed by atoms with van der Waals surface area (Å²) >= 11 is 0. The maximum absolute atomic E-state index is 13.0. The lowest BCUT2D eigenvalue weighted by Crippen LogP contribution is -2.19. The fourth-order valence-corrected chi connectivity index (χ4v) is 3.78. The van der Waals surface area contributed by atoms with E-state index in [1.165, 1.54) is 29.8 Å². The van der Waals surface area contributed by atoms with Gasteiger partial charge in [0.2, 0.25) is 11.6 Å². The zero-order valence-corrected chi connectivity index (χ0v) is 17.1. The molecule has 0 unspecified atom stereocenters. The molecule has 0 saturated carbocycles. The molecule has 0 amide bonds. The van der Waals surface area contributed by atoms with Crippen LogP contribution in [0, 0.1) is 0 Å². The lowest BCUT2D eigenvalue weighted by atomic mass is 10.1. The Morgan fingerprint density at radius 3 is 1.91 bits per heavy atom. The summed E-state index contributed by atoms with van der Waals surface area (Å²) in [6, 6.07) is 19.1. The summed E-state index contributed by atoms with van der Waals surface area (Å²) in [4.78, 5) is 8.90. The Labute approximate surface area is 188 Å². The van der Waals surface area contributed by atoms with Crippen LogP contribution in [0.2, 0.25) is 0 Å². The molecule has 1 aromatic heterocycles. The Kier molecular flexibility index (Phi) is 5.03. The highest BCUT2D eigenvalue weighted by Crippen LogP contribution is 2.42. The van der Waals surface area contributed by atoms with E-state index < -0.39 is 29.8 Å². The maximum Gasteiger partial charge on any atom is 0.451 e. The lowest BCUT2D eigenvalue weighted by molar-refractivity contribution is -0.155. The average Bonchev–Trinajstić information content (AvgIpc) is 3.18. The molecular weight excluding hydrogens is 460 g/mol. The third-order valence-electron chi connectivity index (χ3n) is 5.29. The van der Waals surface area contributed by atoms with Crippen LogP contribution in [0.1, 0.15) is 22.8 Å². The van der Waals surface area contributed by atoms with Crippen molar-refractivity contribution in [1.29, 1.82) is 0 Å². The Bertz CT molecular complexity index is 1350. The van der Waals surface area contributed by atoms with E-state index in [2.05, 4.69) is 15.0 Å². The van der Waals surface area contributed by atoms with Crippen LogP contribution < -0.4 is 4.74 Å². The van der Waals surface area contributed by atoms with Crippen LogP contribution in [0.3, 0.4) is 0 Å². The molecule has 0 spiro atoms. The Morgan fingerprint density at radius 1 is 0.647 bits per heavy atom. The highest BCUT2D eigenvalue weighted by molar-refractivity contribution is 5.79. The van der Waals surface area contributed by atoms with Gasteiger partial charge in [0.1, 0.15) is 11.5 Å². The molecule has 5 rings (SSSR count). The fraction of sp³-hybridized carbons (Fsp3) is 0.125. The van der Waals surface area contributed by atoms with Gasteiger partial charge in [-0.3, -0.25) is 0 Å². The molecule has 4 aromatic rings. The van der Waals surface area contributed by atoms with Crippen LogP contribution in [0.5, 0.6) is 11.5 Å². The number of nitrogens with zero attached hydrogens (tertiary/aromatic N) is 3. The summed E-state index contributed by atoms with van der Waals surface area (Å²) in [5.74, 6) is -3.60. The Balaban J connectivity index is 1.45. The van der Waals surface area contributed by atoms with Gasteiger partial charge < -0.3 is 4.74 Å². The number of hydrogen-bond acceptors (Lipinski definition) is 4. The standard InChI is InChI=1S/C24H13F6N3O/c25-23(26,27)21-31-20(32-22(33-21)24(28,29)30)13-8-10-15(11-9-13)34-19-7-3-6-17-16-5-2-1-4-14(16)12-18(17)19/h1-11H,12H2. The van der Waals surface area contributed by atoms with Crippen LogP contribution in [0.4, 0.5) is 26.3 Å². The first-order valence-electron chi connectivity index (χ1n) is 9.98. The van der Waals surface area contributed by atoms with Gasteiger partial charge in [0, 0.05) is 17.5 Å². The van der Waals surface area contributed by atoms with Crippen molar-refractivity contribution in [2.75, 3.05) is 0 Å². The predicted molar refractivity (Wildman–Crippen MR) is 110 cm³/mol. The van der Waals surface area contributed by atoms with Gasteiger partial charge in [-0.25, -0.2) is 15.0 Å². The van der Waals surface area contributed by atoms with Crippen molar-refractivity contribution in [2.45, 2.75) is 18.8 Å². The zero-order valence-electron chi connectivity index (χ0n) is 17.1. The van der Waals surface area contributed by atoms with E-state index in [4.69, 9.17) is 4.74 Å². The van der Waals surface area contributed by atoms with Gasteiger partial charge in [0.25, 0.3) is 0 Å². The van der Waals surface area contributed by atoms with Crippen molar-refractivity contribution in [2.24, 2.45) is 0 Å². The number of aromatic nitrogens is 3. The minimum atomic E-state index is -5.16. The van der Waals surface area contributed by atoms with Gasteiger partial charge in [0.05, 0.1) is 0 Å². The van der Waals surface area contributed by atoms with Gasteiger partial charge in [-0.1, -0.05) is 36.4 Å². The van der Waals surface area contributed by atoms with E-state index in [0.29, 0.717) is 17.9 Å². The number of alkyl halides is 6. The molecule has 34 heavy (non-hydrogen) atoms. The summed E-state index contributed by atoms with van der Waals surface area (Å²) in [5, 5.41) is 0. The molecule has 0 fully saturated rings. The first-order chi connectivity index (χ1) is 16.1. The monoisotopic (exact) mass is 473 g/mol. The van der Waals surface area contributed by atoms with Gasteiger partial charge >= 0.3 is 12.4 Å². The van der Waals surface area contributed by atoms with Crippen LogP contribution in [0.15, 0.2) is 66.7 Å². The zero-order chi connectivity index (χ0) is 24.1. The summed E-state index contributed by atoms with van der Waals surface area (Å²) < 4.78 is 84.1. The summed E-state index contributed by atoms with van der Waals surface area (Å²) in [6.07, 6.45) is -9.64. The highest BCUT2D eigenvalue weighted by atomic mass is 19.4.